The monoisotopic (exact) mass is 443 g/mol. The maximum absolute atomic E-state index is 13.0. The normalized spacial score (nSPS) is 25.4. The Morgan fingerprint density at radius 2 is 1.93 bits per heavy atom. The van der Waals surface area contributed by atoms with E-state index in [9.17, 15) is 9.90 Å². The summed E-state index contributed by atoms with van der Waals surface area (Å²) in [7, 11) is 0. The number of hydrogen-bond acceptors (Lipinski definition) is 4. The average Bonchev–Trinajstić information content (AvgIpc) is 2.69. The lowest BCUT2D eigenvalue weighted by Gasteiger charge is -2.57. The zero-order chi connectivity index (χ0) is 19.5. The molecule has 0 unspecified atom stereocenters. The second-order valence-electron chi connectivity index (χ2n) is 7.68. The summed E-state index contributed by atoms with van der Waals surface area (Å²) in [6, 6.07) is 14.5. The Balaban J connectivity index is 1.52. The highest BCUT2D eigenvalue weighted by Gasteiger charge is 2.49. The Kier molecular flexibility index (Phi) is 6.09. The third-order valence-electron chi connectivity index (χ3n) is 6.04. The number of nitrogens with zero attached hydrogens (tertiary/aromatic N) is 3. The molecule has 0 bridgehead atoms. The molecular weight excluding hydrogens is 418 g/mol. The van der Waals surface area contributed by atoms with Crippen LogP contribution in [0.5, 0.6) is 0 Å². The lowest BCUT2D eigenvalue weighted by molar-refractivity contribution is -0.135. The van der Waals surface area contributed by atoms with Gasteiger partial charge in [0.2, 0.25) is 5.91 Å². The van der Waals surface area contributed by atoms with E-state index in [0.29, 0.717) is 13.0 Å². The molecule has 6 heteroatoms. The first-order valence-corrected chi connectivity index (χ1v) is 10.8. The van der Waals surface area contributed by atoms with Crippen molar-refractivity contribution in [3.8, 4) is 0 Å². The van der Waals surface area contributed by atoms with Gasteiger partial charge in [-0.05, 0) is 49.2 Å². The van der Waals surface area contributed by atoms with Gasteiger partial charge in [-0.1, -0.05) is 34.1 Å². The van der Waals surface area contributed by atoms with Gasteiger partial charge in [-0.25, -0.2) is 0 Å². The number of rotatable bonds is 4. The zero-order valence-corrected chi connectivity index (χ0v) is 17.5. The van der Waals surface area contributed by atoms with Gasteiger partial charge in [-0.2, -0.15) is 0 Å². The van der Waals surface area contributed by atoms with Gasteiger partial charge in [0, 0.05) is 47.5 Å². The van der Waals surface area contributed by atoms with E-state index in [4.69, 9.17) is 0 Å². The van der Waals surface area contributed by atoms with Crippen molar-refractivity contribution in [3.05, 3.63) is 64.4 Å². The van der Waals surface area contributed by atoms with Crippen molar-refractivity contribution in [1.82, 2.24) is 14.8 Å². The molecule has 4 rings (SSSR count). The van der Waals surface area contributed by atoms with Gasteiger partial charge in [0.05, 0.1) is 13.0 Å². The van der Waals surface area contributed by atoms with Crippen LogP contribution in [0.15, 0.2) is 53.1 Å². The third-order valence-corrected chi connectivity index (χ3v) is 6.56. The predicted octanol–water partition coefficient (Wildman–Crippen LogP) is 2.84. The standard InChI is InChI=1S/C22H26BrN3O2/c23-17-8-6-16(7-9-17)22-19-14-25(11-3-4-12-26(19)20(22)15-27)21(28)13-18-5-1-2-10-24-18/h1-2,5-10,19-20,22,27H,3-4,11-15H2/t19-,20-,22+/m1/s1. The summed E-state index contributed by atoms with van der Waals surface area (Å²) in [5, 5.41) is 10.0. The second-order valence-corrected chi connectivity index (χ2v) is 8.59. The molecule has 2 aliphatic rings. The van der Waals surface area contributed by atoms with Gasteiger partial charge in [0.1, 0.15) is 0 Å². The number of pyridine rings is 1. The summed E-state index contributed by atoms with van der Waals surface area (Å²) in [6.45, 7) is 2.65. The molecule has 0 radical (unpaired) electrons. The van der Waals surface area contributed by atoms with Crippen LogP contribution in [-0.4, -0.2) is 64.1 Å². The van der Waals surface area contributed by atoms with Crippen molar-refractivity contribution >= 4 is 21.8 Å². The fraction of sp³-hybridized carbons (Fsp3) is 0.455. The molecule has 3 atom stereocenters. The van der Waals surface area contributed by atoms with Crippen LogP contribution in [0.3, 0.4) is 0 Å². The molecule has 2 aliphatic heterocycles. The molecule has 1 amide bonds. The molecule has 0 spiro atoms. The molecule has 2 fully saturated rings. The third kappa shape index (κ3) is 4.00. The summed E-state index contributed by atoms with van der Waals surface area (Å²) in [4.78, 5) is 21.7. The van der Waals surface area contributed by atoms with Crippen LogP contribution in [-0.2, 0) is 11.2 Å². The molecule has 1 aromatic heterocycles. The number of carbonyl (C=O) groups excluding carboxylic acids is 1. The number of carbonyl (C=O) groups is 1. The number of halogens is 1. The largest absolute Gasteiger partial charge is 0.395 e. The summed E-state index contributed by atoms with van der Waals surface area (Å²) in [5.41, 5.74) is 2.05. The van der Waals surface area contributed by atoms with Crippen LogP contribution in [0.2, 0.25) is 0 Å². The van der Waals surface area contributed by atoms with Crippen LogP contribution in [0, 0.1) is 0 Å². The van der Waals surface area contributed by atoms with Crippen molar-refractivity contribution < 1.29 is 9.90 Å². The summed E-state index contributed by atoms with van der Waals surface area (Å²) in [5.74, 6) is 0.393. The van der Waals surface area contributed by atoms with E-state index in [0.717, 1.165) is 36.1 Å². The molecular formula is C22H26BrN3O2. The Labute approximate surface area is 174 Å². The molecule has 1 aromatic carbocycles. The van der Waals surface area contributed by atoms with Gasteiger partial charge in [-0.3, -0.25) is 14.7 Å². The first kappa shape index (κ1) is 19.6. The molecule has 1 N–H and O–H groups in total. The average molecular weight is 444 g/mol. The number of aromatic nitrogens is 1. The second kappa shape index (κ2) is 8.72. The first-order chi connectivity index (χ1) is 13.7. The van der Waals surface area contributed by atoms with Crippen LogP contribution < -0.4 is 0 Å². The van der Waals surface area contributed by atoms with E-state index in [2.05, 4.69) is 50.1 Å². The number of amides is 1. The van der Waals surface area contributed by atoms with Crippen molar-refractivity contribution in [1.29, 1.82) is 0 Å². The van der Waals surface area contributed by atoms with Gasteiger partial charge in [0.15, 0.2) is 0 Å². The highest BCUT2D eigenvalue weighted by molar-refractivity contribution is 9.10. The minimum Gasteiger partial charge on any atom is -0.395 e. The Bertz CT molecular complexity index is 799. The van der Waals surface area contributed by atoms with Crippen LogP contribution in [0.25, 0.3) is 0 Å². The summed E-state index contributed by atoms with van der Waals surface area (Å²) in [6.07, 6.45) is 4.13. The van der Waals surface area contributed by atoms with Crippen molar-refractivity contribution in [2.75, 3.05) is 26.2 Å². The number of fused-ring (bicyclic) bond motifs is 1. The number of aliphatic hydroxyl groups is 1. The molecule has 0 saturated carbocycles. The predicted molar refractivity (Wildman–Crippen MR) is 112 cm³/mol. The van der Waals surface area contributed by atoms with E-state index >= 15 is 0 Å². The van der Waals surface area contributed by atoms with Crippen LogP contribution >= 0.6 is 15.9 Å². The van der Waals surface area contributed by atoms with Gasteiger partial charge in [-0.15, -0.1) is 0 Å². The first-order valence-electron chi connectivity index (χ1n) is 9.97. The van der Waals surface area contributed by atoms with E-state index in [1.165, 1.54) is 5.56 Å². The lowest BCUT2D eigenvalue weighted by atomic mass is 9.74. The zero-order valence-electron chi connectivity index (χ0n) is 15.9. The van der Waals surface area contributed by atoms with Gasteiger partial charge < -0.3 is 10.0 Å². The van der Waals surface area contributed by atoms with Crippen molar-refractivity contribution in [3.63, 3.8) is 0 Å². The minimum atomic E-state index is 0.136. The van der Waals surface area contributed by atoms with Crippen LogP contribution in [0.4, 0.5) is 0 Å². The lowest BCUT2D eigenvalue weighted by Crippen LogP contribution is -2.68. The fourth-order valence-electron chi connectivity index (χ4n) is 4.62. The molecule has 28 heavy (non-hydrogen) atoms. The Hall–Kier alpha value is -1.76. The van der Waals surface area contributed by atoms with Gasteiger partial charge >= 0.3 is 0 Å². The fourth-order valence-corrected chi connectivity index (χ4v) is 4.89. The summed E-state index contributed by atoms with van der Waals surface area (Å²) >= 11 is 3.50. The molecule has 2 aromatic rings. The number of aliphatic hydroxyl groups excluding tert-OH is 1. The van der Waals surface area contributed by atoms with E-state index in [1.54, 1.807) is 6.20 Å². The highest BCUT2D eigenvalue weighted by atomic mass is 79.9. The number of benzene rings is 1. The highest BCUT2D eigenvalue weighted by Crippen LogP contribution is 2.42. The molecule has 2 saturated heterocycles. The maximum Gasteiger partial charge on any atom is 0.228 e. The van der Waals surface area contributed by atoms with E-state index in [-0.39, 0.29) is 30.5 Å². The molecule has 5 nitrogen and oxygen atoms in total. The van der Waals surface area contributed by atoms with E-state index < -0.39 is 0 Å². The van der Waals surface area contributed by atoms with Gasteiger partial charge in [0.25, 0.3) is 0 Å². The molecule has 0 aliphatic carbocycles. The molecule has 148 valence electrons. The minimum absolute atomic E-state index is 0.136. The number of hydrogen-bond donors (Lipinski definition) is 1. The summed E-state index contributed by atoms with van der Waals surface area (Å²) < 4.78 is 1.05. The SMILES string of the molecule is O=C(Cc1ccccn1)N1CCCCN2[C@H](CO)[C@@H](c3ccc(Br)cc3)[C@H]2C1. The van der Waals surface area contributed by atoms with Crippen molar-refractivity contribution in [2.24, 2.45) is 0 Å². The van der Waals surface area contributed by atoms with E-state index in [1.807, 2.05) is 23.1 Å². The van der Waals surface area contributed by atoms with Crippen LogP contribution in [0.1, 0.15) is 30.0 Å². The smallest absolute Gasteiger partial charge is 0.228 e. The Morgan fingerprint density at radius 3 is 2.64 bits per heavy atom. The topological polar surface area (TPSA) is 56.7 Å². The quantitative estimate of drug-likeness (QED) is 0.788. The maximum atomic E-state index is 13.0. The van der Waals surface area contributed by atoms with Crippen molar-refractivity contribution in [2.45, 2.75) is 37.3 Å². The Morgan fingerprint density at radius 1 is 1.14 bits per heavy atom. The molecule has 3 heterocycles.